The minimum absolute atomic E-state index is 0.179. The summed E-state index contributed by atoms with van der Waals surface area (Å²) in [5.74, 6) is 0.250. The number of benzene rings is 1. The molecule has 1 atom stereocenters. The Bertz CT molecular complexity index is 279. The largest absolute Gasteiger partial charge is 0.393 e. The van der Waals surface area contributed by atoms with Gasteiger partial charge in [-0.1, -0.05) is 30.3 Å². The van der Waals surface area contributed by atoms with Gasteiger partial charge in [-0.2, -0.15) is 0 Å². The third-order valence-electron chi connectivity index (χ3n) is 2.77. The van der Waals surface area contributed by atoms with E-state index in [0.29, 0.717) is 0 Å². The highest BCUT2D eigenvalue weighted by Crippen LogP contribution is 2.45. The molecule has 1 aliphatic carbocycles. The van der Waals surface area contributed by atoms with Gasteiger partial charge in [0.15, 0.2) is 0 Å². The van der Waals surface area contributed by atoms with Crippen molar-refractivity contribution in [1.82, 2.24) is 0 Å². The smallest absolute Gasteiger partial charge is 0.115 e. The molecule has 1 aromatic carbocycles. The Labute approximate surface area is 77.8 Å². The van der Waals surface area contributed by atoms with Gasteiger partial charge in [-0.25, -0.2) is 0 Å². The lowest BCUT2D eigenvalue weighted by atomic mass is 9.90. The molecule has 1 fully saturated rings. The molecule has 1 aliphatic rings. The summed E-state index contributed by atoms with van der Waals surface area (Å²) in [5.41, 5.74) is -0.165. The van der Waals surface area contributed by atoms with E-state index in [1.807, 2.05) is 30.3 Å². The van der Waals surface area contributed by atoms with Crippen LogP contribution in [0.25, 0.3) is 0 Å². The second-order valence-corrected chi connectivity index (χ2v) is 3.72. The summed E-state index contributed by atoms with van der Waals surface area (Å²) in [7, 11) is 0. The summed E-state index contributed by atoms with van der Waals surface area (Å²) in [5, 5.41) is 19.4. The molecular weight excluding hydrogens is 164 g/mol. The maximum Gasteiger partial charge on any atom is 0.115 e. The molecule has 70 valence electrons. The molecule has 0 spiro atoms. The van der Waals surface area contributed by atoms with Crippen molar-refractivity contribution < 1.29 is 10.2 Å². The van der Waals surface area contributed by atoms with E-state index in [2.05, 4.69) is 0 Å². The highest BCUT2D eigenvalue weighted by Gasteiger charge is 2.44. The molecule has 1 aromatic rings. The van der Waals surface area contributed by atoms with Crippen LogP contribution in [0, 0.1) is 5.92 Å². The van der Waals surface area contributed by atoms with Gasteiger partial charge >= 0.3 is 0 Å². The van der Waals surface area contributed by atoms with Gasteiger partial charge in [0, 0.05) is 0 Å². The third kappa shape index (κ3) is 1.47. The maximum absolute atomic E-state index is 10.2. The molecule has 1 unspecified atom stereocenters. The molecule has 0 amide bonds. The van der Waals surface area contributed by atoms with Crippen LogP contribution in [-0.2, 0) is 5.60 Å². The number of aliphatic hydroxyl groups is 2. The van der Waals surface area contributed by atoms with Crippen LogP contribution in [0.5, 0.6) is 0 Å². The van der Waals surface area contributed by atoms with Crippen molar-refractivity contribution in [3.05, 3.63) is 35.9 Å². The van der Waals surface area contributed by atoms with E-state index in [1.165, 1.54) is 0 Å². The van der Waals surface area contributed by atoms with Crippen LogP contribution in [0.15, 0.2) is 30.3 Å². The number of hydrogen-bond acceptors (Lipinski definition) is 2. The first-order chi connectivity index (χ1) is 6.27. The predicted molar refractivity (Wildman–Crippen MR) is 50.1 cm³/mol. The Morgan fingerprint density at radius 3 is 2.31 bits per heavy atom. The molecule has 0 aliphatic heterocycles. The van der Waals surface area contributed by atoms with Crippen LogP contribution in [-0.4, -0.2) is 16.8 Å². The van der Waals surface area contributed by atoms with Gasteiger partial charge in [0.1, 0.15) is 5.60 Å². The predicted octanol–water partition coefficient (Wildman–Crippen LogP) is 1.28. The molecule has 0 heterocycles. The van der Waals surface area contributed by atoms with Crippen LogP contribution >= 0.6 is 0 Å². The fourth-order valence-electron chi connectivity index (χ4n) is 1.74. The minimum atomic E-state index is -0.999. The second kappa shape index (κ2) is 3.13. The Balaban J connectivity index is 2.30. The lowest BCUT2D eigenvalue weighted by molar-refractivity contribution is -0.0383. The normalized spacial score (nSPS) is 21.1. The zero-order valence-corrected chi connectivity index (χ0v) is 7.48. The number of rotatable bonds is 3. The van der Waals surface area contributed by atoms with Crippen molar-refractivity contribution in [1.29, 1.82) is 0 Å². The highest BCUT2D eigenvalue weighted by molar-refractivity contribution is 5.24. The Morgan fingerprint density at radius 2 is 1.85 bits per heavy atom. The number of hydrogen-bond donors (Lipinski definition) is 2. The summed E-state index contributed by atoms with van der Waals surface area (Å²) < 4.78 is 0. The fraction of sp³-hybridized carbons (Fsp3) is 0.455. The van der Waals surface area contributed by atoms with E-state index in [-0.39, 0.29) is 12.5 Å². The lowest BCUT2D eigenvalue weighted by Crippen LogP contribution is -2.32. The molecule has 0 aromatic heterocycles. The van der Waals surface area contributed by atoms with E-state index in [9.17, 15) is 10.2 Å². The zero-order chi connectivity index (χ0) is 9.31. The first kappa shape index (κ1) is 8.73. The van der Waals surface area contributed by atoms with E-state index in [4.69, 9.17) is 0 Å². The van der Waals surface area contributed by atoms with E-state index >= 15 is 0 Å². The highest BCUT2D eigenvalue weighted by atomic mass is 16.3. The van der Waals surface area contributed by atoms with Crippen molar-refractivity contribution in [2.45, 2.75) is 18.4 Å². The molecule has 2 nitrogen and oxygen atoms in total. The zero-order valence-electron chi connectivity index (χ0n) is 7.48. The van der Waals surface area contributed by atoms with Gasteiger partial charge < -0.3 is 10.2 Å². The first-order valence-corrected chi connectivity index (χ1v) is 4.66. The molecule has 2 rings (SSSR count). The Morgan fingerprint density at radius 1 is 1.23 bits per heavy atom. The van der Waals surface area contributed by atoms with Crippen LogP contribution in [0.4, 0.5) is 0 Å². The van der Waals surface area contributed by atoms with Crippen molar-refractivity contribution in [2.75, 3.05) is 6.61 Å². The van der Waals surface area contributed by atoms with Crippen LogP contribution < -0.4 is 0 Å². The van der Waals surface area contributed by atoms with Crippen molar-refractivity contribution >= 4 is 0 Å². The van der Waals surface area contributed by atoms with Crippen LogP contribution in [0.3, 0.4) is 0 Å². The average Bonchev–Trinajstić information content (AvgIpc) is 3.02. The Kier molecular flexibility index (Phi) is 2.10. The summed E-state index contributed by atoms with van der Waals surface area (Å²) in [6, 6.07) is 9.42. The van der Waals surface area contributed by atoms with Gasteiger partial charge in [-0.15, -0.1) is 0 Å². The van der Waals surface area contributed by atoms with Gasteiger partial charge in [0.2, 0.25) is 0 Å². The molecule has 2 N–H and O–H groups in total. The minimum Gasteiger partial charge on any atom is -0.393 e. The average molecular weight is 178 g/mol. The monoisotopic (exact) mass is 178 g/mol. The quantitative estimate of drug-likeness (QED) is 0.732. The second-order valence-electron chi connectivity index (χ2n) is 3.72. The maximum atomic E-state index is 10.2. The van der Waals surface area contributed by atoms with Gasteiger partial charge in [-0.3, -0.25) is 0 Å². The summed E-state index contributed by atoms with van der Waals surface area (Å²) in [6.45, 7) is -0.179. The summed E-state index contributed by atoms with van der Waals surface area (Å²) in [4.78, 5) is 0. The first-order valence-electron chi connectivity index (χ1n) is 4.66. The fourth-order valence-corrected chi connectivity index (χ4v) is 1.74. The summed E-state index contributed by atoms with van der Waals surface area (Å²) in [6.07, 6.45) is 2.04. The van der Waals surface area contributed by atoms with Gasteiger partial charge in [-0.05, 0) is 24.3 Å². The lowest BCUT2D eigenvalue weighted by Gasteiger charge is -2.26. The number of aliphatic hydroxyl groups excluding tert-OH is 1. The standard InChI is InChI=1S/C11H14O2/c12-8-11(13,10-6-7-10)9-4-2-1-3-5-9/h1-5,10,12-13H,6-8H2. The molecular formula is C11H14O2. The van der Waals surface area contributed by atoms with Crippen LogP contribution in [0.2, 0.25) is 0 Å². The van der Waals surface area contributed by atoms with E-state index < -0.39 is 5.60 Å². The van der Waals surface area contributed by atoms with Gasteiger partial charge in [0.25, 0.3) is 0 Å². The molecule has 1 saturated carbocycles. The van der Waals surface area contributed by atoms with Crippen molar-refractivity contribution in [3.63, 3.8) is 0 Å². The van der Waals surface area contributed by atoms with E-state index in [0.717, 1.165) is 18.4 Å². The SMILES string of the molecule is OCC(O)(c1ccccc1)C1CC1. The van der Waals surface area contributed by atoms with Crippen molar-refractivity contribution in [2.24, 2.45) is 5.92 Å². The molecule has 13 heavy (non-hydrogen) atoms. The molecule has 2 heteroatoms. The molecule has 0 bridgehead atoms. The Hall–Kier alpha value is -0.860. The molecule has 0 radical (unpaired) electrons. The van der Waals surface area contributed by atoms with Gasteiger partial charge in [0.05, 0.1) is 6.61 Å². The summed E-state index contributed by atoms with van der Waals surface area (Å²) >= 11 is 0. The molecule has 0 saturated heterocycles. The topological polar surface area (TPSA) is 40.5 Å². The van der Waals surface area contributed by atoms with Crippen LogP contribution in [0.1, 0.15) is 18.4 Å². The third-order valence-corrected chi connectivity index (χ3v) is 2.77. The van der Waals surface area contributed by atoms with E-state index in [1.54, 1.807) is 0 Å². The van der Waals surface area contributed by atoms with Crippen molar-refractivity contribution in [3.8, 4) is 0 Å².